The normalized spacial score (nSPS) is 10.5. The highest BCUT2D eigenvalue weighted by atomic mass is 32.1. The highest BCUT2D eigenvalue weighted by Crippen LogP contribution is 2.15. The molecule has 0 atom stereocenters. The van der Waals surface area contributed by atoms with Crippen molar-refractivity contribution in [3.8, 4) is 0 Å². The van der Waals surface area contributed by atoms with Gasteiger partial charge in [-0.25, -0.2) is 0 Å². The lowest BCUT2D eigenvalue weighted by molar-refractivity contribution is -0.610. The van der Waals surface area contributed by atoms with Gasteiger partial charge in [-0.15, -0.1) is 0 Å². The van der Waals surface area contributed by atoms with Crippen LogP contribution in [-0.2, 0) is 0 Å². The van der Waals surface area contributed by atoms with E-state index in [1.54, 1.807) is 11.3 Å². The van der Waals surface area contributed by atoms with Crippen LogP contribution in [0, 0.1) is 7.05 Å². The highest BCUT2D eigenvalue weighted by molar-refractivity contribution is 7.09. The largest absolute Gasteiger partial charge is 0.206 e. The molecule has 2 rings (SSSR count). The summed E-state index contributed by atoms with van der Waals surface area (Å²) in [7, 11) is 3.77. The fourth-order valence-electron chi connectivity index (χ4n) is 0.955. The molecule has 0 fully saturated rings. The van der Waals surface area contributed by atoms with Crippen LogP contribution in [0.5, 0.6) is 0 Å². The number of nitrogens with zero attached hydrogens (tertiary/aromatic N) is 1. The highest BCUT2D eigenvalue weighted by Gasteiger charge is 1.97. The Kier molecular flexibility index (Phi) is 1.21. The van der Waals surface area contributed by atoms with Crippen LogP contribution in [0.2, 0.25) is 0 Å². The van der Waals surface area contributed by atoms with Crippen molar-refractivity contribution in [2.75, 3.05) is 0 Å². The molecule has 0 N–H and O–H groups in total. The van der Waals surface area contributed by atoms with Crippen molar-refractivity contribution >= 4 is 22.1 Å². The van der Waals surface area contributed by atoms with Gasteiger partial charge in [0.1, 0.15) is 0 Å². The Morgan fingerprint density at radius 3 is 3.00 bits per heavy atom. The number of fused-ring (bicyclic) bond motifs is 1. The van der Waals surface area contributed by atoms with Gasteiger partial charge >= 0.3 is 0 Å². The zero-order chi connectivity index (χ0) is 6.97. The van der Waals surface area contributed by atoms with Crippen LogP contribution in [0.15, 0.2) is 29.2 Å². The molecule has 0 spiro atoms. The van der Waals surface area contributed by atoms with Crippen LogP contribution in [0.4, 0.5) is 0 Å². The van der Waals surface area contributed by atoms with Gasteiger partial charge in [0.25, 0.3) is 0 Å². The first-order valence-electron chi connectivity index (χ1n) is 3.04. The number of thiophene rings is 1. The third-order valence-corrected chi connectivity index (χ3v) is 2.25. The van der Waals surface area contributed by atoms with Crippen LogP contribution < -0.4 is 4.57 Å². The lowest BCUT2D eigenvalue weighted by Crippen LogP contribution is -2.22. The Balaban J connectivity index is 2.86. The lowest BCUT2D eigenvalue weighted by atomic mass is 10.3. The van der Waals surface area contributed by atoms with E-state index in [1.165, 1.54) is 10.8 Å². The van der Waals surface area contributed by atoms with Gasteiger partial charge in [0.05, 0.1) is 5.39 Å². The fourth-order valence-corrected chi connectivity index (χ4v) is 1.73. The van der Waals surface area contributed by atoms with E-state index in [-0.39, 0.29) is 0 Å². The van der Waals surface area contributed by atoms with Gasteiger partial charge in [0.15, 0.2) is 12.4 Å². The third-order valence-electron chi connectivity index (χ3n) is 1.47. The second-order valence-electron chi connectivity index (χ2n) is 2.24. The predicted octanol–water partition coefficient (Wildman–Crippen LogP) is 1.83. The average molecular weight is 149 g/mol. The summed E-state index contributed by atoms with van der Waals surface area (Å²) < 4.78 is 1.81. The zero-order valence-corrected chi connectivity index (χ0v) is 6.27. The van der Waals surface area contributed by atoms with Gasteiger partial charge < -0.3 is 0 Å². The third kappa shape index (κ3) is 0.809. The topological polar surface area (TPSA) is 3.88 Å². The number of rotatable bonds is 0. The first kappa shape index (κ1) is 5.86. The van der Waals surface area contributed by atoms with E-state index in [9.17, 15) is 0 Å². The minimum atomic E-state index is 1.27. The summed E-state index contributed by atoms with van der Waals surface area (Å²) in [4.78, 5) is 0. The average Bonchev–Trinajstić information content (AvgIpc) is 2.33. The fraction of sp³-hybridized carbons (Fsp3) is 0. The van der Waals surface area contributed by atoms with Crippen molar-refractivity contribution in [1.29, 1.82) is 0 Å². The van der Waals surface area contributed by atoms with Gasteiger partial charge in [-0.2, -0.15) is 15.9 Å². The second-order valence-corrected chi connectivity index (χ2v) is 2.99. The van der Waals surface area contributed by atoms with Gasteiger partial charge in [-0.1, -0.05) is 0 Å². The van der Waals surface area contributed by atoms with Crippen molar-refractivity contribution < 1.29 is 4.57 Å². The quantitative estimate of drug-likeness (QED) is 0.503. The molecule has 0 saturated carbocycles. The molecule has 0 unspecified atom stereocenters. The minimum absolute atomic E-state index is 1.27. The summed E-state index contributed by atoms with van der Waals surface area (Å²) in [6.07, 6.45) is 3.97. The first-order valence-corrected chi connectivity index (χ1v) is 3.98. The molecule has 2 heterocycles. The van der Waals surface area contributed by atoms with Crippen LogP contribution >= 0.6 is 11.3 Å². The molecule has 2 aromatic heterocycles. The molecule has 1 radical (unpaired) electrons. The van der Waals surface area contributed by atoms with E-state index in [4.69, 9.17) is 0 Å². The van der Waals surface area contributed by atoms with E-state index < -0.39 is 0 Å². The van der Waals surface area contributed by atoms with E-state index in [1.807, 2.05) is 17.0 Å². The lowest BCUT2D eigenvalue weighted by Gasteiger charge is -1.84. The van der Waals surface area contributed by atoms with Crippen molar-refractivity contribution in [2.45, 2.75) is 0 Å². The molecule has 0 amide bonds. The van der Waals surface area contributed by atoms with E-state index in [0.29, 0.717) is 0 Å². The van der Waals surface area contributed by atoms with Crippen LogP contribution in [0.1, 0.15) is 0 Å². The van der Waals surface area contributed by atoms with E-state index in [0.717, 1.165) is 0 Å². The molecule has 49 valence electrons. The Labute approximate surface area is 63.5 Å². The second kappa shape index (κ2) is 2.06. The summed E-state index contributed by atoms with van der Waals surface area (Å²) in [6.45, 7) is 0. The molecule has 0 aliphatic heterocycles. The molecule has 2 heteroatoms. The van der Waals surface area contributed by atoms with Gasteiger partial charge in [0.2, 0.25) is 7.05 Å². The Morgan fingerprint density at radius 1 is 1.30 bits per heavy atom. The maximum absolute atomic E-state index is 3.77. The Morgan fingerprint density at radius 2 is 2.10 bits per heavy atom. The molecule has 2 aromatic rings. The summed E-state index contributed by atoms with van der Waals surface area (Å²) in [5, 5.41) is 6.82. The smallest absolute Gasteiger partial charge is 0.198 e. The van der Waals surface area contributed by atoms with Crippen LogP contribution in [0.3, 0.4) is 0 Å². The van der Waals surface area contributed by atoms with Gasteiger partial charge in [-0.3, -0.25) is 0 Å². The first-order chi connectivity index (χ1) is 4.86. The van der Waals surface area contributed by atoms with Crippen molar-refractivity contribution in [2.24, 2.45) is 0 Å². The van der Waals surface area contributed by atoms with Gasteiger partial charge in [0, 0.05) is 16.8 Å². The SMILES string of the molecule is [CH2][n+]1ccc2cscc2c1. The molecular formula is C8H7NS+. The monoisotopic (exact) mass is 149 g/mol. The van der Waals surface area contributed by atoms with Crippen LogP contribution in [-0.4, -0.2) is 0 Å². The summed E-state index contributed by atoms with van der Waals surface area (Å²) in [5.74, 6) is 0. The molecule has 0 saturated heterocycles. The van der Waals surface area contributed by atoms with Crippen molar-refractivity contribution in [3.05, 3.63) is 36.3 Å². The van der Waals surface area contributed by atoms with Crippen molar-refractivity contribution in [1.82, 2.24) is 0 Å². The number of hydrogen-bond donors (Lipinski definition) is 0. The van der Waals surface area contributed by atoms with Crippen molar-refractivity contribution in [3.63, 3.8) is 0 Å². The summed E-state index contributed by atoms with van der Waals surface area (Å²) in [6, 6.07) is 2.07. The molecule has 1 nitrogen and oxygen atoms in total. The zero-order valence-electron chi connectivity index (χ0n) is 5.45. The summed E-state index contributed by atoms with van der Waals surface area (Å²) in [5.41, 5.74) is 0. The molecule has 0 aliphatic rings. The predicted molar refractivity (Wildman–Crippen MR) is 42.8 cm³/mol. The molecule has 10 heavy (non-hydrogen) atoms. The minimum Gasteiger partial charge on any atom is -0.198 e. The summed E-state index contributed by atoms with van der Waals surface area (Å²) >= 11 is 1.72. The molecular weight excluding hydrogens is 142 g/mol. The Hall–Kier alpha value is -0.890. The standard InChI is InChI=1S/C8H7NS/c1-9-3-2-7-5-10-6-8(7)4-9/h2-6H,1H2/q+1. The number of pyridine rings is 1. The maximum Gasteiger partial charge on any atom is 0.206 e. The number of aromatic nitrogens is 1. The maximum atomic E-state index is 3.77. The van der Waals surface area contributed by atoms with E-state index in [2.05, 4.69) is 23.9 Å². The van der Waals surface area contributed by atoms with Crippen LogP contribution in [0.25, 0.3) is 10.8 Å². The molecule has 0 aliphatic carbocycles. The van der Waals surface area contributed by atoms with E-state index >= 15 is 0 Å². The Bertz CT molecular complexity index is 351. The van der Waals surface area contributed by atoms with Gasteiger partial charge in [-0.05, 0) is 5.38 Å². The number of hydrogen-bond acceptors (Lipinski definition) is 1. The molecule has 0 bridgehead atoms. The molecule has 0 aromatic carbocycles.